The van der Waals surface area contributed by atoms with Crippen molar-refractivity contribution >= 4 is 60.9 Å². The lowest BCUT2D eigenvalue weighted by Gasteiger charge is -2.29. The Morgan fingerprint density at radius 1 is 1.06 bits per heavy atom. The normalized spacial score (nSPS) is 12.3. The highest BCUT2D eigenvalue weighted by Crippen LogP contribution is 2.34. The number of rotatable bonds is 11. The smallest absolute Gasteiger partial charge is 0.277 e. The number of aromatic amines is 1. The van der Waals surface area contributed by atoms with Gasteiger partial charge < -0.3 is 9.64 Å². The van der Waals surface area contributed by atoms with E-state index < -0.39 is 11.7 Å². The van der Waals surface area contributed by atoms with Crippen LogP contribution in [-0.2, 0) is 19.4 Å². The van der Waals surface area contributed by atoms with Crippen molar-refractivity contribution < 1.29 is 18.7 Å². The number of nitrogens with one attached hydrogen (secondary N) is 3. The van der Waals surface area contributed by atoms with E-state index in [-0.39, 0.29) is 29.9 Å². The van der Waals surface area contributed by atoms with E-state index in [2.05, 4.69) is 47.5 Å². The monoisotopic (exact) mass is 735 g/mol. The first-order chi connectivity index (χ1) is 25.3. The molecule has 3 aromatic carbocycles. The van der Waals surface area contributed by atoms with Crippen molar-refractivity contribution in [2.24, 2.45) is 0 Å². The van der Waals surface area contributed by atoms with Gasteiger partial charge in [-0.25, -0.2) is 19.5 Å². The van der Waals surface area contributed by atoms with Crippen molar-refractivity contribution in [3.05, 3.63) is 106 Å². The number of aromatic nitrogens is 5. The predicted molar refractivity (Wildman–Crippen MR) is 201 cm³/mol. The fraction of sp³-hybridized carbons (Fsp3) is 0.243. The summed E-state index contributed by atoms with van der Waals surface area (Å²) in [7, 11) is 3.84. The summed E-state index contributed by atoms with van der Waals surface area (Å²) in [6.07, 6.45) is 2.98. The Balaban J connectivity index is 1.06. The molecule has 0 spiro atoms. The zero-order valence-electron chi connectivity index (χ0n) is 28.4. The summed E-state index contributed by atoms with van der Waals surface area (Å²) in [5.41, 5.74) is 4.23. The Kier molecular flexibility index (Phi) is 10.5. The number of ether oxygens (including phenoxy) is 1. The summed E-state index contributed by atoms with van der Waals surface area (Å²) in [4.78, 5) is 45.1. The molecular weight excluding hydrogens is 702 g/mol. The molecule has 3 N–H and O–H groups in total. The maximum Gasteiger partial charge on any atom is 0.277 e. The van der Waals surface area contributed by atoms with Crippen molar-refractivity contribution in [1.82, 2.24) is 30.0 Å². The Morgan fingerprint density at radius 2 is 1.94 bits per heavy atom. The van der Waals surface area contributed by atoms with E-state index in [0.717, 1.165) is 26.2 Å². The third kappa shape index (κ3) is 8.10. The number of hydrogen-bond donors (Lipinski definition) is 3. The molecule has 6 aromatic rings. The van der Waals surface area contributed by atoms with Crippen LogP contribution < -0.4 is 20.3 Å². The van der Waals surface area contributed by atoms with E-state index in [1.165, 1.54) is 35.1 Å². The average Bonchev–Trinajstić information content (AvgIpc) is 3.90. The van der Waals surface area contributed by atoms with Gasteiger partial charge in [0.25, 0.3) is 11.8 Å². The predicted octanol–water partition coefficient (Wildman–Crippen LogP) is 6.00. The molecule has 0 unspecified atom stereocenters. The van der Waals surface area contributed by atoms with Crippen LogP contribution in [0.5, 0.6) is 5.75 Å². The van der Waals surface area contributed by atoms with Gasteiger partial charge in [-0.2, -0.15) is 10.1 Å². The van der Waals surface area contributed by atoms with E-state index in [1.807, 2.05) is 61.5 Å². The molecule has 52 heavy (non-hydrogen) atoms. The number of carbonyl (C=O) groups is 2. The van der Waals surface area contributed by atoms with E-state index >= 15 is 0 Å². The molecule has 15 heteroatoms. The van der Waals surface area contributed by atoms with Crippen LogP contribution in [0.2, 0.25) is 0 Å². The number of anilines is 3. The lowest BCUT2D eigenvalue weighted by Crippen LogP contribution is -2.32. The van der Waals surface area contributed by atoms with Gasteiger partial charge >= 0.3 is 0 Å². The van der Waals surface area contributed by atoms with E-state index in [1.54, 1.807) is 12.1 Å². The summed E-state index contributed by atoms with van der Waals surface area (Å²) in [5.74, 6) is 5.15. The van der Waals surface area contributed by atoms with Crippen molar-refractivity contribution in [2.45, 2.75) is 25.8 Å². The Bertz CT molecular complexity index is 2260. The minimum atomic E-state index is -0.484. The van der Waals surface area contributed by atoms with Crippen molar-refractivity contribution in [3.63, 3.8) is 0 Å². The highest BCUT2D eigenvalue weighted by Gasteiger charge is 2.27. The number of aryl methyl sites for hydroxylation is 1. The Hall–Kier alpha value is -5.69. The number of nitrogens with zero attached hydrogens (tertiary/aromatic N) is 6. The van der Waals surface area contributed by atoms with Gasteiger partial charge in [0.05, 0.1) is 23.4 Å². The molecule has 12 nitrogen and oxygen atoms in total. The summed E-state index contributed by atoms with van der Waals surface area (Å²) in [6.45, 7) is 1.90. The second-order valence-electron chi connectivity index (χ2n) is 12.2. The molecule has 0 radical (unpaired) electrons. The third-order valence-corrected chi connectivity index (χ3v) is 10.3. The lowest BCUT2D eigenvalue weighted by atomic mass is 9.94. The molecule has 0 saturated heterocycles. The van der Waals surface area contributed by atoms with Gasteiger partial charge in [-0.1, -0.05) is 47.4 Å². The lowest BCUT2D eigenvalue weighted by molar-refractivity contribution is 0.101. The molecule has 2 amide bonds. The van der Waals surface area contributed by atoms with Crippen LogP contribution >= 0.6 is 22.7 Å². The minimum Gasteiger partial charge on any atom is -0.491 e. The van der Waals surface area contributed by atoms with E-state index in [4.69, 9.17) is 9.72 Å². The number of fused-ring (bicyclic) bond motifs is 2. The van der Waals surface area contributed by atoms with Gasteiger partial charge in [0, 0.05) is 29.1 Å². The molecule has 1 aliphatic rings. The molecule has 0 atom stereocenters. The molecule has 4 heterocycles. The zero-order chi connectivity index (χ0) is 36.0. The van der Waals surface area contributed by atoms with Crippen LogP contribution in [0.1, 0.15) is 48.8 Å². The van der Waals surface area contributed by atoms with Crippen LogP contribution in [-0.4, -0.2) is 75.7 Å². The number of halogens is 1. The van der Waals surface area contributed by atoms with E-state index in [0.29, 0.717) is 60.3 Å². The van der Waals surface area contributed by atoms with Crippen molar-refractivity contribution in [2.75, 3.05) is 49.3 Å². The molecule has 1 aliphatic heterocycles. The SMILES string of the molecule is CN(C)CC#Cc1ccc(OCCCc2sc(N3CCc4cccc(C(=O)Nc5nc6ccccc6s5)c4C3)nc2C(=O)Nc2ncn[nH]2)c(F)c1. The highest BCUT2D eigenvalue weighted by atomic mass is 32.1. The number of amides is 2. The fourth-order valence-corrected chi connectivity index (χ4v) is 7.70. The number of para-hydroxylation sites is 1. The molecular formula is C37H34FN9O3S2. The topological polar surface area (TPSA) is 141 Å². The Labute approximate surface area is 307 Å². The first kappa shape index (κ1) is 34.7. The molecule has 0 bridgehead atoms. The van der Waals surface area contributed by atoms with Crippen LogP contribution in [0.15, 0.2) is 67.0 Å². The van der Waals surface area contributed by atoms with Gasteiger partial charge in [0.1, 0.15) is 12.0 Å². The van der Waals surface area contributed by atoms with Crippen LogP contribution in [0.25, 0.3) is 10.2 Å². The standard InChI is InChI=1S/C37H34FN9O3S2/c1-46(2)17-6-8-23-14-15-29(27(38)20-23)50-19-7-13-31-32(34(49)43-35-39-22-40-45-35)42-37(52-31)47-18-16-24-9-5-10-25(26(24)21-47)33(48)44-36-41-28-11-3-4-12-30(28)51-36/h3-5,9-12,14-15,20,22H,7,13,16-19,21H2,1-2H3,(H,41,44,48)(H2,39,40,43,45,49). The van der Waals surface area contributed by atoms with Crippen molar-refractivity contribution in [3.8, 4) is 17.6 Å². The maximum absolute atomic E-state index is 14.8. The second kappa shape index (κ2) is 15.7. The maximum atomic E-state index is 14.8. The first-order valence-electron chi connectivity index (χ1n) is 16.6. The van der Waals surface area contributed by atoms with Crippen molar-refractivity contribution in [1.29, 1.82) is 0 Å². The highest BCUT2D eigenvalue weighted by molar-refractivity contribution is 7.22. The molecule has 0 saturated carbocycles. The summed E-state index contributed by atoms with van der Waals surface area (Å²) in [5, 5.41) is 13.3. The minimum absolute atomic E-state index is 0.140. The number of H-pyrrole nitrogens is 1. The quantitative estimate of drug-likeness (QED) is 0.108. The van der Waals surface area contributed by atoms with Gasteiger partial charge in [0.2, 0.25) is 5.95 Å². The van der Waals surface area contributed by atoms with Crippen LogP contribution in [0.3, 0.4) is 0 Å². The first-order valence-corrected chi connectivity index (χ1v) is 18.2. The zero-order valence-corrected chi connectivity index (χ0v) is 30.0. The number of hydrogen-bond acceptors (Lipinski definition) is 11. The molecule has 264 valence electrons. The van der Waals surface area contributed by atoms with Gasteiger partial charge in [-0.15, -0.1) is 11.3 Å². The third-order valence-electron chi connectivity index (χ3n) is 8.22. The second-order valence-corrected chi connectivity index (χ2v) is 14.3. The summed E-state index contributed by atoms with van der Waals surface area (Å²) < 4.78 is 21.5. The Morgan fingerprint density at radius 3 is 2.75 bits per heavy atom. The number of benzene rings is 3. The molecule has 3 aromatic heterocycles. The number of thiazole rings is 2. The summed E-state index contributed by atoms with van der Waals surface area (Å²) in [6, 6.07) is 18.2. The van der Waals surface area contributed by atoms with Gasteiger partial charge in [-0.3, -0.25) is 25.1 Å². The van der Waals surface area contributed by atoms with E-state index in [9.17, 15) is 14.0 Å². The van der Waals surface area contributed by atoms with Gasteiger partial charge in [0.15, 0.2) is 21.8 Å². The van der Waals surface area contributed by atoms with Crippen LogP contribution in [0, 0.1) is 17.7 Å². The molecule has 7 rings (SSSR count). The number of carbonyl (C=O) groups excluding carboxylic acids is 2. The van der Waals surface area contributed by atoms with Crippen LogP contribution in [0.4, 0.5) is 20.6 Å². The molecule has 0 aliphatic carbocycles. The fourth-order valence-electron chi connectivity index (χ4n) is 5.71. The summed E-state index contributed by atoms with van der Waals surface area (Å²) >= 11 is 2.84. The average molecular weight is 736 g/mol. The van der Waals surface area contributed by atoms with Gasteiger partial charge in [-0.05, 0) is 80.9 Å². The largest absolute Gasteiger partial charge is 0.491 e. The molecule has 0 fully saturated rings.